The third-order valence-corrected chi connectivity index (χ3v) is 4.50. The van der Waals surface area contributed by atoms with Crippen molar-refractivity contribution in [2.45, 2.75) is 13.3 Å². The van der Waals surface area contributed by atoms with Crippen LogP contribution in [0.2, 0.25) is 0 Å². The number of rotatable bonds is 6. The summed E-state index contributed by atoms with van der Waals surface area (Å²) in [4.78, 5) is 25.8. The Hall–Kier alpha value is -2.45. The molecule has 2 rings (SSSR count). The average molecular weight is 464 g/mol. The molecule has 0 aliphatic carbocycles. The van der Waals surface area contributed by atoms with E-state index in [2.05, 4.69) is 26.6 Å². The van der Waals surface area contributed by atoms with Gasteiger partial charge in [-0.1, -0.05) is 6.92 Å². The SMILES string of the molecule is CCCOc1ccc(C(=O)NC(=S)Nc2ccc(C(=O)N(C)C)cc2)cc1Br. The molecule has 0 aromatic heterocycles. The Labute approximate surface area is 178 Å². The minimum Gasteiger partial charge on any atom is -0.492 e. The lowest BCUT2D eigenvalue weighted by molar-refractivity contribution is 0.0827. The van der Waals surface area contributed by atoms with Crippen molar-refractivity contribution in [1.29, 1.82) is 0 Å². The molecule has 0 unspecified atom stereocenters. The molecule has 0 aliphatic rings. The number of anilines is 1. The second-order valence-electron chi connectivity index (χ2n) is 6.18. The van der Waals surface area contributed by atoms with Crippen molar-refractivity contribution in [3.05, 3.63) is 58.1 Å². The first-order chi connectivity index (χ1) is 13.3. The summed E-state index contributed by atoms with van der Waals surface area (Å²) in [5, 5.41) is 5.73. The molecule has 6 nitrogen and oxygen atoms in total. The average Bonchev–Trinajstić information content (AvgIpc) is 2.66. The number of nitrogens with one attached hydrogen (secondary N) is 2. The summed E-state index contributed by atoms with van der Waals surface area (Å²) in [5.74, 6) is 0.269. The third kappa shape index (κ3) is 6.03. The first kappa shape index (κ1) is 21.8. The van der Waals surface area contributed by atoms with Crippen molar-refractivity contribution < 1.29 is 14.3 Å². The van der Waals surface area contributed by atoms with E-state index in [1.165, 1.54) is 4.90 Å². The molecular weight excluding hydrogens is 442 g/mol. The van der Waals surface area contributed by atoms with Crippen molar-refractivity contribution in [3.63, 3.8) is 0 Å². The van der Waals surface area contributed by atoms with Gasteiger partial charge in [-0.2, -0.15) is 0 Å². The molecule has 0 heterocycles. The van der Waals surface area contributed by atoms with Crippen LogP contribution in [0.3, 0.4) is 0 Å². The number of benzene rings is 2. The number of nitrogens with zero attached hydrogens (tertiary/aromatic N) is 1. The molecule has 2 N–H and O–H groups in total. The van der Waals surface area contributed by atoms with Crippen LogP contribution in [0, 0.1) is 0 Å². The van der Waals surface area contributed by atoms with Crippen LogP contribution in [0.4, 0.5) is 5.69 Å². The van der Waals surface area contributed by atoms with Gasteiger partial charge < -0.3 is 15.0 Å². The van der Waals surface area contributed by atoms with Gasteiger partial charge in [0.25, 0.3) is 11.8 Å². The van der Waals surface area contributed by atoms with Crippen LogP contribution in [0.25, 0.3) is 0 Å². The molecule has 8 heteroatoms. The molecular formula is C20H22BrN3O3S. The predicted molar refractivity (Wildman–Crippen MR) is 118 cm³/mol. The lowest BCUT2D eigenvalue weighted by atomic mass is 10.2. The van der Waals surface area contributed by atoms with Crippen LogP contribution in [0.5, 0.6) is 5.75 Å². The summed E-state index contributed by atoms with van der Waals surface area (Å²) < 4.78 is 6.28. The van der Waals surface area contributed by atoms with Gasteiger partial charge in [-0.05, 0) is 77.0 Å². The van der Waals surface area contributed by atoms with Gasteiger partial charge in [0.2, 0.25) is 0 Å². The van der Waals surface area contributed by atoms with Crippen molar-refractivity contribution in [2.24, 2.45) is 0 Å². The first-order valence-electron chi connectivity index (χ1n) is 8.68. The third-order valence-electron chi connectivity index (χ3n) is 3.68. The molecule has 2 aromatic rings. The molecule has 0 saturated carbocycles. The monoisotopic (exact) mass is 463 g/mol. The van der Waals surface area contributed by atoms with Crippen molar-refractivity contribution in [1.82, 2.24) is 10.2 Å². The van der Waals surface area contributed by atoms with Crippen LogP contribution in [0.15, 0.2) is 46.9 Å². The Morgan fingerprint density at radius 3 is 2.32 bits per heavy atom. The van der Waals surface area contributed by atoms with Crippen LogP contribution < -0.4 is 15.4 Å². The Bertz CT molecular complexity index is 869. The van der Waals surface area contributed by atoms with Gasteiger partial charge in [-0.15, -0.1) is 0 Å². The Morgan fingerprint density at radius 2 is 1.75 bits per heavy atom. The van der Waals surface area contributed by atoms with Gasteiger partial charge in [0.1, 0.15) is 5.75 Å². The molecule has 0 fully saturated rings. The number of halogens is 1. The lowest BCUT2D eigenvalue weighted by Crippen LogP contribution is -2.34. The van der Waals surface area contributed by atoms with E-state index in [-0.39, 0.29) is 16.9 Å². The molecule has 0 spiro atoms. The summed E-state index contributed by atoms with van der Waals surface area (Å²) in [5.41, 5.74) is 1.69. The highest BCUT2D eigenvalue weighted by Crippen LogP contribution is 2.26. The molecule has 28 heavy (non-hydrogen) atoms. The van der Waals surface area contributed by atoms with Gasteiger partial charge in [-0.3, -0.25) is 14.9 Å². The predicted octanol–water partition coefficient (Wildman–Crippen LogP) is 4.07. The van der Waals surface area contributed by atoms with Crippen molar-refractivity contribution in [2.75, 3.05) is 26.0 Å². The fourth-order valence-electron chi connectivity index (χ4n) is 2.26. The molecule has 0 atom stereocenters. The van der Waals surface area contributed by atoms with E-state index in [0.29, 0.717) is 33.6 Å². The zero-order chi connectivity index (χ0) is 20.7. The van der Waals surface area contributed by atoms with E-state index >= 15 is 0 Å². The standard InChI is InChI=1S/C20H22BrN3O3S/c1-4-11-27-17-10-7-14(12-16(17)21)18(25)23-20(28)22-15-8-5-13(6-9-15)19(26)24(2)3/h5-10,12H,4,11H2,1-3H3,(H2,22,23,25,28). The van der Waals surface area contributed by atoms with E-state index in [9.17, 15) is 9.59 Å². The Balaban J connectivity index is 1.96. The number of carbonyl (C=O) groups is 2. The van der Waals surface area contributed by atoms with Gasteiger partial charge in [-0.25, -0.2) is 0 Å². The van der Waals surface area contributed by atoms with Crippen LogP contribution in [-0.4, -0.2) is 42.5 Å². The number of carbonyl (C=O) groups excluding carboxylic acids is 2. The molecule has 0 aliphatic heterocycles. The second-order valence-corrected chi connectivity index (χ2v) is 7.44. The highest BCUT2D eigenvalue weighted by Gasteiger charge is 2.12. The van der Waals surface area contributed by atoms with Gasteiger partial charge >= 0.3 is 0 Å². The van der Waals surface area contributed by atoms with Crippen LogP contribution >= 0.6 is 28.1 Å². The molecule has 0 radical (unpaired) electrons. The second kappa shape index (κ2) is 10.2. The summed E-state index contributed by atoms with van der Waals surface area (Å²) in [6, 6.07) is 11.9. The number of hydrogen-bond donors (Lipinski definition) is 2. The maximum absolute atomic E-state index is 12.4. The normalized spacial score (nSPS) is 10.1. The minimum absolute atomic E-state index is 0.0839. The number of hydrogen-bond acceptors (Lipinski definition) is 4. The molecule has 148 valence electrons. The molecule has 0 bridgehead atoms. The zero-order valence-corrected chi connectivity index (χ0v) is 18.3. The quantitative estimate of drug-likeness (QED) is 0.631. The molecule has 2 amide bonds. The molecule has 2 aromatic carbocycles. The molecule has 0 saturated heterocycles. The van der Waals surface area contributed by atoms with Crippen molar-refractivity contribution >= 4 is 50.8 Å². The van der Waals surface area contributed by atoms with Gasteiger partial charge in [0.15, 0.2) is 5.11 Å². The summed E-state index contributed by atoms with van der Waals surface area (Å²) in [6.07, 6.45) is 0.902. The smallest absolute Gasteiger partial charge is 0.257 e. The van der Waals surface area contributed by atoms with Gasteiger partial charge in [0, 0.05) is 30.9 Å². The van der Waals surface area contributed by atoms with E-state index < -0.39 is 0 Å². The maximum Gasteiger partial charge on any atom is 0.257 e. The number of thiocarbonyl (C=S) groups is 1. The number of ether oxygens (including phenoxy) is 1. The van der Waals surface area contributed by atoms with E-state index in [1.807, 2.05) is 6.92 Å². The van der Waals surface area contributed by atoms with Crippen molar-refractivity contribution in [3.8, 4) is 5.75 Å². The van der Waals surface area contributed by atoms with E-state index in [1.54, 1.807) is 56.6 Å². The van der Waals surface area contributed by atoms with E-state index in [0.717, 1.165) is 6.42 Å². The van der Waals surface area contributed by atoms with E-state index in [4.69, 9.17) is 17.0 Å². The fourth-order valence-corrected chi connectivity index (χ4v) is 2.97. The highest BCUT2D eigenvalue weighted by molar-refractivity contribution is 9.10. The topological polar surface area (TPSA) is 70.7 Å². The summed E-state index contributed by atoms with van der Waals surface area (Å²) in [6.45, 7) is 2.63. The summed E-state index contributed by atoms with van der Waals surface area (Å²) in [7, 11) is 3.39. The number of amides is 2. The minimum atomic E-state index is -0.334. The Morgan fingerprint density at radius 1 is 1.11 bits per heavy atom. The maximum atomic E-state index is 12.4. The van der Waals surface area contributed by atoms with Gasteiger partial charge in [0.05, 0.1) is 11.1 Å². The zero-order valence-electron chi connectivity index (χ0n) is 15.9. The first-order valence-corrected chi connectivity index (χ1v) is 9.88. The largest absolute Gasteiger partial charge is 0.492 e. The lowest BCUT2D eigenvalue weighted by Gasteiger charge is -2.13. The Kier molecular flexibility index (Phi) is 7.95. The highest BCUT2D eigenvalue weighted by atomic mass is 79.9. The summed E-state index contributed by atoms with van der Waals surface area (Å²) >= 11 is 8.61. The fraction of sp³-hybridized carbons (Fsp3) is 0.250. The van der Waals surface area contributed by atoms with Crippen LogP contribution in [0.1, 0.15) is 34.1 Å². The van der Waals surface area contributed by atoms with Crippen LogP contribution in [-0.2, 0) is 0 Å².